The molecule has 0 aliphatic carbocycles. The molecule has 2 unspecified atom stereocenters. The van der Waals surface area contributed by atoms with Crippen LogP contribution in [-0.2, 0) is 26.6 Å². The van der Waals surface area contributed by atoms with Crippen LogP contribution in [-0.4, -0.2) is 70.8 Å². The average Bonchev–Trinajstić information content (AvgIpc) is 2.68. The summed E-state index contributed by atoms with van der Waals surface area (Å²) in [6.45, 7) is 4.45. The van der Waals surface area contributed by atoms with E-state index in [0.717, 1.165) is 24.9 Å². The highest BCUT2D eigenvalue weighted by Gasteiger charge is 2.38. The molecule has 0 aromatic heterocycles. The van der Waals surface area contributed by atoms with Gasteiger partial charge in [0.05, 0.1) is 0 Å². The summed E-state index contributed by atoms with van der Waals surface area (Å²) in [6.07, 6.45) is 2.01. The van der Waals surface area contributed by atoms with Crippen molar-refractivity contribution in [1.82, 2.24) is 0 Å². The van der Waals surface area contributed by atoms with Crippen molar-refractivity contribution in [3.63, 3.8) is 0 Å². The summed E-state index contributed by atoms with van der Waals surface area (Å²) >= 11 is 0. The summed E-state index contributed by atoms with van der Waals surface area (Å²) in [6, 6.07) is 1.66. The first kappa shape index (κ1) is 27.6. The van der Waals surface area contributed by atoms with Crippen LogP contribution in [0.15, 0.2) is 0 Å². The molecule has 0 aromatic rings. The summed E-state index contributed by atoms with van der Waals surface area (Å²) in [4.78, 5) is 0. The molecule has 0 heterocycles. The summed E-state index contributed by atoms with van der Waals surface area (Å²) in [7, 11) is 12.5. The highest BCUT2D eigenvalue weighted by molar-refractivity contribution is 9.26. The molecule has 2 atom stereocenters. The molecule has 0 N–H and O–H groups in total. The summed E-state index contributed by atoms with van der Waals surface area (Å²) < 4.78 is 32.8. The third-order valence-electron chi connectivity index (χ3n) is 4.02. The first-order valence-electron chi connectivity index (χ1n) is 8.32. The van der Waals surface area contributed by atoms with E-state index in [1.165, 1.54) is 0 Å². The van der Waals surface area contributed by atoms with Crippen molar-refractivity contribution in [3.8, 4) is 0 Å². The topological polar surface area (TPSA) is 55.4 Å². The lowest BCUT2D eigenvalue weighted by Gasteiger charge is -2.25. The lowest BCUT2D eigenvalue weighted by Crippen LogP contribution is -2.43. The first-order chi connectivity index (χ1) is 12.4. The van der Waals surface area contributed by atoms with Gasteiger partial charge in [0.25, 0.3) is 0 Å². The van der Waals surface area contributed by atoms with Crippen molar-refractivity contribution in [2.24, 2.45) is 0 Å². The van der Waals surface area contributed by atoms with Crippen molar-refractivity contribution < 1.29 is 26.6 Å². The Morgan fingerprint density at radius 3 is 1.08 bits per heavy atom. The van der Waals surface area contributed by atoms with Crippen molar-refractivity contribution in [2.75, 3.05) is 42.7 Å². The molecule has 0 bridgehead atoms. The quantitative estimate of drug-likeness (QED) is 0.161. The molecule has 158 valence electrons. The molecule has 0 spiro atoms. The van der Waals surface area contributed by atoms with Gasteiger partial charge < -0.3 is 26.6 Å². The fourth-order valence-corrected chi connectivity index (χ4v) is 13.4. The van der Waals surface area contributed by atoms with Crippen LogP contribution in [0.3, 0.4) is 0 Å². The zero-order chi connectivity index (χ0) is 20.1. The van der Waals surface area contributed by atoms with Crippen LogP contribution in [0, 0.1) is 0 Å². The second-order valence-electron chi connectivity index (χ2n) is 5.62. The Kier molecular flexibility index (Phi) is 16.4. The minimum Gasteiger partial charge on any atom is -0.377 e. The first-order valence-corrected chi connectivity index (χ1v) is 17.1. The van der Waals surface area contributed by atoms with Crippen LogP contribution in [0.1, 0.15) is 26.7 Å². The standard InChI is InChI=1S/C14H34O6S4Si2/c1-13(9-11-25(15-3,16-4)17-5)21-23-24-22-14(2)10-12-26(18-6,19-7)20-8/h13-14H,9-12H2,1-8H3. The second kappa shape index (κ2) is 15.4. The molecular weight excluding hydrogens is 449 g/mol. The van der Waals surface area contributed by atoms with E-state index in [4.69, 9.17) is 26.6 Å². The van der Waals surface area contributed by atoms with Crippen LogP contribution in [0.25, 0.3) is 0 Å². The maximum atomic E-state index is 5.47. The van der Waals surface area contributed by atoms with Gasteiger partial charge in [0, 0.05) is 65.2 Å². The summed E-state index contributed by atoms with van der Waals surface area (Å²) in [5, 5.41) is 1.01. The molecule has 0 rings (SSSR count). The van der Waals surface area contributed by atoms with Crippen LogP contribution in [0.4, 0.5) is 0 Å². The number of rotatable bonds is 17. The molecule has 0 aliphatic heterocycles. The maximum absolute atomic E-state index is 5.47. The Balaban J connectivity index is 3.97. The third-order valence-corrected chi connectivity index (χ3v) is 16.9. The Morgan fingerprint density at radius 2 is 0.846 bits per heavy atom. The summed E-state index contributed by atoms with van der Waals surface area (Å²) in [5.41, 5.74) is 0. The molecule has 0 aliphatic rings. The van der Waals surface area contributed by atoms with Gasteiger partial charge in [-0.1, -0.05) is 35.4 Å². The van der Waals surface area contributed by atoms with Gasteiger partial charge in [0.1, 0.15) is 0 Å². The monoisotopic (exact) mass is 482 g/mol. The molecule has 0 saturated heterocycles. The number of hydrogen-bond donors (Lipinski definition) is 0. The van der Waals surface area contributed by atoms with Crippen molar-refractivity contribution in [2.45, 2.75) is 49.3 Å². The predicted molar refractivity (Wildman–Crippen MR) is 122 cm³/mol. The van der Waals surface area contributed by atoms with E-state index in [-0.39, 0.29) is 0 Å². The maximum Gasteiger partial charge on any atom is 0.500 e. The lowest BCUT2D eigenvalue weighted by molar-refractivity contribution is 0.122. The van der Waals surface area contributed by atoms with Gasteiger partial charge in [-0.25, -0.2) is 0 Å². The van der Waals surface area contributed by atoms with E-state index < -0.39 is 17.6 Å². The van der Waals surface area contributed by atoms with Crippen LogP contribution in [0.2, 0.25) is 12.1 Å². The fourth-order valence-electron chi connectivity index (χ4n) is 2.13. The Hall–Kier alpha value is 1.59. The highest BCUT2D eigenvalue weighted by atomic mass is 33.7. The van der Waals surface area contributed by atoms with E-state index in [9.17, 15) is 0 Å². The van der Waals surface area contributed by atoms with Gasteiger partial charge in [-0.15, -0.1) is 0 Å². The van der Waals surface area contributed by atoms with Crippen LogP contribution >= 0.6 is 41.2 Å². The zero-order valence-corrected chi connectivity index (χ0v) is 22.3. The predicted octanol–water partition coefficient (Wildman–Crippen LogP) is 4.98. The largest absolute Gasteiger partial charge is 0.500 e. The minimum absolute atomic E-state index is 0.506. The van der Waals surface area contributed by atoms with Gasteiger partial charge in [-0.3, -0.25) is 0 Å². The van der Waals surface area contributed by atoms with Gasteiger partial charge in [0.2, 0.25) is 0 Å². The fraction of sp³-hybridized carbons (Fsp3) is 1.00. The SMILES string of the molecule is CO[Si](CCC(C)SSSSC(C)CC[Si](OC)(OC)OC)(OC)OC. The smallest absolute Gasteiger partial charge is 0.377 e. The Morgan fingerprint density at radius 1 is 0.577 bits per heavy atom. The van der Waals surface area contributed by atoms with Gasteiger partial charge in [-0.2, -0.15) is 0 Å². The van der Waals surface area contributed by atoms with Crippen molar-refractivity contribution in [1.29, 1.82) is 0 Å². The molecule has 0 amide bonds. The van der Waals surface area contributed by atoms with Gasteiger partial charge in [0.15, 0.2) is 0 Å². The van der Waals surface area contributed by atoms with Crippen molar-refractivity contribution >= 4 is 58.8 Å². The third kappa shape index (κ3) is 10.4. The van der Waals surface area contributed by atoms with E-state index in [0.29, 0.717) is 10.5 Å². The molecule has 0 radical (unpaired) electrons. The Bertz CT molecular complexity index is 303. The molecule has 6 nitrogen and oxygen atoms in total. The molecular formula is C14H34O6S4Si2. The van der Waals surface area contributed by atoms with Crippen molar-refractivity contribution in [3.05, 3.63) is 0 Å². The Labute approximate surface area is 176 Å². The van der Waals surface area contributed by atoms with Crippen LogP contribution in [0.5, 0.6) is 0 Å². The number of hydrogen-bond acceptors (Lipinski definition) is 10. The van der Waals surface area contributed by atoms with E-state index in [1.54, 1.807) is 42.7 Å². The minimum atomic E-state index is -2.45. The lowest BCUT2D eigenvalue weighted by atomic mass is 10.4. The van der Waals surface area contributed by atoms with E-state index in [2.05, 4.69) is 13.8 Å². The van der Waals surface area contributed by atoms with E-state index in [1.807, 2.05) is 41.2 Å². The average molecular weight is 483 g/mol. The highest BCUT2D eigenvalue weighted by Crippen LogP contribution is 2.48. The zero-order valence-electron chi connectivity index (χ0n) is 17.1. The second-order valence-corrected chi connectivity index (χ2v) is 18.5. The molecule has 12 heteroatoms. The molecule has 0 saturated carbocycles. The molecule has 26 heavy (non-hydrogen) atoms. The van der Waals surface area contributed by atoms with Crippen LogP contribution < -0.4 is 0 Å². The normalized spacial score (nSPS) is 15.2. The molecule has 0 aromatic carbocycles. The van der Waals surface area contributed by atoms with Gasteiger partial charge >= 0.3 is 17.6 Å². The van der Waals surface area contributed by atoms with E-state index >= 15 is 0 Å². The van der Waals surface area contributed by atoms with Gasteiger partial charge in [-0.05, 0) is 32.5 Å². The summed E-state index contributed by atoms with van der Waals surface area (Å²) in [5.74, 6) is 0. The molecule has 0 fully saturated rings.